The second-order valence-corrected chi connectivity index (χ2v) is 9.85. The molecule has 0 fully saturated rings. The molecule has 4 rings (SSSR count). The fourth-order valence-corrected chi connectivity index (χ4v) is 5.52. The van der Waals surface area contributed by atoms with Gasteiger partial charge in [-0.2, -0.15) is 0 Å². The predicted molar refractivity (Wildman–Crippen MR) is 143 cm³/mol. The highest BCUT2D eigenvalue weighted by Gasteiger charge is 2.29. The largest absolute Gasteiger partial charge is 0.376 e. The van der Waals surface area contributed by atoms with Crippen LogP contribution in [-0.4, -0.2) is 48.4 Å². The summed E-state index contributed by atoms with van der Waals surface area (Å²) in [5.41, 5.74) is 8.28. The van der Waals surface area contributed by atoms with E-state index in [2.05, 4.69) is 60.7 Å². The van der Waals surface area contributed by atoms with Crippen LogP contribution in [0.25, 0.3) is 0 Å². The van der Waals surface area contributed by atoms with Crippen LogP contribution in [0.2, 0.25) is 0 Å². The quantitative estimate of drug-likeness (QED) is 0.345. The van der Waals surface area contributed by atoms with E-state index in [0.29, 0.717) is 12.3 Å². The molecule has 0 radical (unpaired) electrons. The van der Waals surface area contributed by atoms with Crippen LogP contribution in [0.1, 0.15) is 62.6 Å². The van der Waals surface area contributed by atoms with Gasteiger partial charge in [0.05, 0.1) is 5.69 Å². The lowest BCUT2D eigenvalue weighted by molar-refractivity contribution is -0.119. The van der Waals surface area contributed by atoms with Crippen LogP contribution in [0.15, 0.2) is 60.5 Å². The number of amides is 1. The van der Waals surface area contributed by atoms with Gasteiger partial charge < -0.3 is 14.7 Å². The van der Waals surface area contributed by atoms with Crippen LogP contribution in [0.5, 0.6) is 0 Å². The Morgan fingerprint density at radius 3 is 2.71 bits per heavy atom. The van der Waals surface area contributed by atoms with E-state index in [1.807, 2.05) is 17.1 Å². The number of unbranched alkanes of at least 4 members (excludes halogenated alkanes) is 1. The monoisotopic (exact) mass is 459 g/mol. The summed E-state index contributed by atoms with van der Waals surface area (Å²) in [4.78, 5) is 19.3. The molecule has 4 nitrogen and oxygen atoms in total. The summed E-state index contributed by atoms with van der Waals surface area (Å²) >= 11 is 0. The van der Waals surface area contributed by atoms with E-state index in [0.717, 1.165) is 64.8 Å². The summed E-state index contributed by atoms with van der Waals surface area (Å²) in [5, 5.41) is 0. The van der Waals surface area contributed by atoms with Gasteiger partial charge in [-0.1, -0.05) is 43.4 Å². The summed E-state index contributed by atoms with van der Waals surface area (Å²) in [6.07, 6.45) is 19.1. The zero-order valence-electron chi connectivity index (χ0n) is 21.2. The molecule has 0 saturated carbocycles. The van der Waals surface area contributed by atoms with E-state index in [4.69, 9.17) is 0 Å². The summed E-state index contributed by atoms with van der Waals surface area (Å²) in [5.74, 6) is 0.314. The number of carbonyl (C=O) groups is 1. The molecule has 1 aromatic rings. The normalized spacial score (nSPS) is 18.8. The first kappa shape index (κ1) is 24.4. The van der Waals surface area contributed by atoms with Crippen molar-refractivity contribution in [1.82, 2.24) is 9.80 Å². The molecule has 0 atom stereocenters. The number of carbonyl (C=O) groups excluding carboxylic acids is 1. The first-order valence-corrected chi connectivity index (χ1v) is 13.2. The van der Waals surface area contributed by atoms with Gasteiger partial charge in [-0.3, -0.25) is 4.79 Å². The van der Waals surface area contributed by atoms with Crippen LogP contribution < -0.4 is 4.90 Å². The Morgan fingerprint density at radius 1 is 1.09 bits per heavy atom. The maximum absolute atomic E-state index is 12.3. The third kappa shape index (κ3) is 5.65. The lowest BCUT2D eigenvalue weighted by Gasteiger charge is -2.35. The molecule has 0 bridgehead atoms. The third-order valence-electron chi connectivity index (χ3n) is 7.49. The van der Waals surface area contributed by atoms with Crippen molar-refractivity contribution in [3.63, 3.8) is 0 Å². The highest BCUT2D eigenvalue weighted by molar-refractivity contribution is 5.97. The maximum Gasteiger partial charge on any atom is 0.227 e. The average Bonchev–Trinajstić information content (AvgIpc) is 3.10. The molecule has 0 spiro atoms. The lowest BCUT2D eigenvalue weighted by atomic mass is 9.89. The van der Waals surface area contributed by atoms with Crippen molar-refractivity contribution in [3.05, 3.63) is 77.2 Å². The smallest absolute Gasteiger partial charge is 0.227 e. The van der Waals surface area contributed by atoms with Crippen molar-refractivity contribution in [2.24, 2.45) is 0 Å². The Morgan fingerprint density at radius 2 is 1.91 bits per heavy atom. The van der Waals surface area contributed by atoms with Crippen molar-refractivity contribution < 1.29 is 4.79 Å². The van der Waals surface area contributed by atoms with Crippen molar-refractivity contribution in [2.45, 2.75) is 65.2 Å². The van der Waals surface area contributed by atoms with Crippen LogP contribution in [-0.2, 0) is 24.1 Å². The van der Waals surface area contributed by atoms with E-state index in [1.165, 1.54) is 46.5 Å². The number of hydrogen-bond acceptors (Lipinski definition) is 3. The molecule has 34 heavy (non-hydrogen) atoms. The molecule has 3 heterocycles. The number of aryl methyl sites for hydroxylation is 3. The number of benzene rings is 1. The lowest BCUT2D eigenvalue weighted by Crippen LogP contribution is -2.39. The third-order valence-corrected chi connectivity index (χ3v) is 7.49. The van der Waals surface area contributed by atoms with E-state index >= 15 is 0 Å². The van der Waals surface area contributed by atoms with Crippen LogP contribution in [0.3, 0.4) is 0 Å². The topological polar surface area (TPSA) is 26.8 Å². The van der Waals surface area contributed by atoms with Crippen molar-refractivity contribution in [3.8, 4) is 0 Å². The maximum atomic E-state index is 12.3. The molecule has 0 aliphatic carbocycles. The Balaban J connectivity index is 1.29. The second-order valence-electron chi connectivity index (χ2n) is 9.85. The molecule has 0 unspecified atom stereocenters. The van der Waals surface area contributed by atoms with Gasteiger partial charge in [0.15, 0.2) is 0 Å². The average molecular weight is 460 g/mol. The Kier molecular flexibility index (Phi) is 8.31. The van der Waals surface area contributed by atoms with E-state index in [-0.39, 0.29) is 0 Å². The zero-order valence-corrected chi connectivity index (χ0v) is 21.2. The molecule has 4 heteroatoms. The molecule has 1 amide bonds. The standard InChI is InChI=1S/C30H41N3O/c1-4-6-13-28(24(3)5-2)32-18-10-17-31(20-21-32)16-8-7-11-25-22-26-12-9-19-33-29(34)15-14-27(23-25)30(26)33/h4,6,10,13,17,22-23H,1,5,7-9,11-12,14-16,18-21H2,2-3H3/b13-6-,28-24+. The van der Waals surface area contributed by atoms with Crippen molar-refractivity contribution in [2.75, 3.05) is 37.6 Å². The van der Waals surface area contributed by atoms with Crippen molar-refractivity contribution >= 4 is 11.6 Å². The molecular formula is C30H41N3O. The highest BCUT2D eigenvalue weighted by atomic mass is 16.2. The van der Waals surface area contributed by atoms with E-state index in [1.54, 1.807) is 0 Å². The van der Waals surface area contributed by atoms with Gasteiger partial charge in [0.1, 0.15) is 0 Å². The first-order chi connectivity index (χ1) is 16.6. The Bertz CT molecular complexity index is 970. The fraction of sp³-hybridized carbons (Fsp3) is 0.500. The molecule has 3 aliphatic heterocycles. The minimum Gasteiger partial charge on any atom is -0.376 e. The number of allylic oxidation sites excluding steroid dienone is 4. The first-order valence-electron chi connectivity index (χ1n) is 13.2. The minimum atomic E-state index is 0.314. The molecular weight excluding hydrogens is 418 g/mol. The predicted octanol–water partition coefficient (Wildman–Crippen LogP) is 5.79. The van der Waals surface area contributed by atoms with E-state index < -0.39 is 0 Å². The van der Waals surface area contributed by atoms with Gasteiger partial charge in [-0.15, -0.1) is 0 Å². The van der Waals surface area contributed by atoms with Gasteiger partial charge in [0.2, 0.25) is 5.91 Å². The summed E-state index contributed by atoms with van der Waals surface area (Å²) < 4.78 is 0. The number of nitrogens with zero attached hydrogens (tertiary/aromatic N) is 3. The van der Waals surface area contributed by atoms with Crippen LogP contribution in [0.4, 0.5) is 5.69 Å². The van der Waals surface area contributed by atoms with Gasteiger partial charge in [-0.25, -0.2) is 0 Å². The highest BCUT2D eigenvalue weighted by Crippen LogP contribution is 2.36. The van der Waals surface area contributed by atoms with E-state index in [9.17, 15) is 4.79 Å². The number of anilines is 1. The Hall–Kier alpha value is -2.75. The van der Waals surface area contributed by atoms with Gasteiger partial charge in [-0.05, 0) is 86.9 Å². The second kappa shape index (κ2) is 11.6. The van der Waals surface area contributed by atoms with Gasteiger partial charge in [0.25, 0.3) is 0 Å². The number of hydrogen-bond donors (Lipinski definition) is 0. The fourth-order valence-electron chi connectivity index (χ4n) is 5.52. The molecule has 0 saturated heterocycles. The minimum absolute atomic E-state index is 0.314. The van der Waals surface area contributed by atoms with Crippen molar-refractivity contribution in [1.29, 1.82) is 0 Å². The summed E-state index contributed by atoms with van der Waals surface area (Å²) in [6.45, 7) is 13.4. The molecule has 182 valence electrons. The van der Waals surface area contributed by atoms with Gasteiger partial charge in [0, 0.05) is 44.8 Å². The number of rotatable bonds is 9. The van der Waals surface area contributed by atoms with Crippen LogP contribution >= 0.6 is 0 Å². The molecule has 0 aromatic heterocycles. The summed E-state index contributed by atoms with van der Waals surface area (Å²) in [7, 11) is 0. The van der Waals surface area contributed by atoms with Crippen LogP contribution in [0, 0.1) is 0 Å². The SMILES string of the molecule is C=C/C=C\C(=C(\C)CC)N1CC=CN(CCCCc2cc3c4c(c2)CCC(=O)N4CCC3)CC1. The molecule has 3 aliphatic rings. The summed E-state index contributed by atoms with van der Waals surface area (Å²) in [6, 6.07) is 4.77. The van der Waals surface area contributed by atoms with Gasteiger partial charge >= 0.3 is 0 Å². The molecule has 1 aromatic carbocycles. The molecule has 0 N–H and O–H groups in total. The Labute approximate surface area is 206 Å². The zero-order chi connectivity index (χ0) is 23.9.